The molecule has 10 rings (SSSR count). The van der Waals surface area contributed by atoms with Gasteiger partial charge in [0.1, 0.15) is 31.0 Å². The largest absolute Gasteiger partial charge is 0.493 e. The quantitative estimate of drug-likeness (QED) is 0.0238. The minimum absolute atomic E-state index is 0.0875. The summed E-state index contributed by atoms with van der Waals surface area (Å²) in [6.07, 6.45) is 8.61. The fraction of sp³-hybridized carbons (Fsp3) is 0.324. The monoisotopic (exact) mass is 1260 g/mol. The molecule has 4 aliphatic heterocycles. The molecule has 4 aliphatic rings. The van der Waals surface area contributed by atoms with E-state index in [9.17, 15) is 42.0 Å². The Hall–Kier alpha value is -9.18. The first kappa shape index (κ1) is 63.8. The van der Waals surface area contributed by atoms with Gasteiger partial charge in [0.15, 0.2) is 11.5 Å². The molecule has 6 aromatic carbocycles. The maximum Gasteiger partial charge on any atom is 0.257 e. The normalized spacial score (nSPS) is 16.7. The van der Waals surface area contributed by atoms with Gasteiger partial charge in [-0.2, -0.15) is 0 Å². The summed E-state index contributed by atoms with van der Waals surface area (Å²) in [7, 11) is -0.713. The number of nitrogens with one attached hydrogen (secondary N) is 4. The highest BCUT2D eigenvalue weighted by atomic mass is 35.5. The Bertz CT molecular complexity index is 3970. The lowest BCUT2D eigenvalue weighted by Crippen LogP contribution is -2.53. The van der Waals surface area contributed by atoms with Gasteiger partial charge in [-0.15, -0.1) is 11.6 Å². The Kier molecular flexibility index (Phi) is 19.9. The molecule has 4 N–H and O–H groups in total. The molecular weight excluding hydrogens is 1190 g/mol. The fourth-order valence-corrected chi connectivity index (χ4v) is 12.5. The van der Waals surface area contributed by atoms with E-state index in [2.05, 4.69) is 20.7 Å². The summed E-state index contributed by atoms with van der Waals surface area (Å²) in [6.45, 7) is 6.44. The first-order valence-electron chi connectivity index (χ1n) is 29.9. The van der Waals surface area contributed by atoms with Gasteiger partial charge in [0, 0.05) is 79.4 Å². The molecule has 0 unspecified atom stereocenters. The summed E-state index contributed by atoms with van der Waals surface area (Å²) in [6, 6.07) is 32.4. The molecule has 90 heavy (non-hydrogen) atoms. The summed E-state index contributed by atoms with van der Waals surface area (Å²) in [5.41, 5.74) is 7.19. The van der Waals surface area contributed by atoms with Crippen LogP contribution in [0.25, 0.3) is 16.3 Å². The van der Waals surface area contributed by atoms with Crippen LogP contribution in [0.15, 0.2) is 143 Å². The molecule has 0 aromatic heterocycles. The van der Waals surface area contributed by atoms with E-state index in [1.165, 1.54) is 26.3 Å². The summed E-state index contributed by atoms with van der Waals surface area (Å²) in [5.74, 6) is -1.08. The van der Waals surface area contributed by atoms with Gasteiger partial charge >= 0.3 is 0 Å². The van der Waals surface area contributed by atoms with Crippen molar-refractivity contribution in [3.8, 4) is 17.2 Å². The first-order chi connectivity index (χ1) is 43.3. The number of alkyl halides is 1. The Morgan fingerprint density at radius 3 is 2.18 bits per heavy atom. The van der Waals surface area contributed by atoms with E-state index in [1.54, 1.807) is 85.3 Å². The van der Waals surface area contributed by atoms with E-state index >= 15 is 0 Å². The Labute approximate surface area is 527 Å². The van der Waals surface area contributed by atoms with Crippen molar-refractivity contribution in [2.24, 2.45) is 10.9 Å². The number of carbonyl (C=O) groups is 7. The highest BCUT2D eigenvalue weighted by Crippen LogP contribution is 2.46. The lowest BCUT2D eigenvalue weighted by Gasteiger charge is -2.32. The molecule has 0 radical (unpaired) electrons. The van der Waals surface area contributed by atoms with E-state index in [4.69, 9.17) is 30.8 Å². The number of anilines is 2. The number of ether oxygens (including phenoxy) is 3. The van der Waals surface area contributed by atoms with Crippen LogP contribution in [0, 0.1) is 5.92 Å². The van der Waals surface area contributed by atoms with Crippen LogP contribution in [-0.2, 0) is 58.4 Å². The molecule has 7 amide bonds. The fourth-order valence-electron chi connectivity index (χ4n) is 11.5. The Balaban J connectivity index is 0.737. The predicted molar refractivity (Wildman–Crippen MR) is 344 cm³/mol. The number of nitrogens with zero attached hydrogens (tertiary/aromatic N) is 4. The third kappa shape index (κ3) is 14.4. The number of benzene rings is 6. The SMILES string of the molecule is CNS(=O)(=O)c1ccc(C2=CCN3C(=O)c4cc(OC)c(OCc5cccc(CC(=O)N6C[C@@H](CCl)c7c6cc(OCc6ccc(NC(=O)[C@H](C)NC(=O)[C@@H](NC(=O)CCCCCN8C(=O)C=CC8=O)C(C)C)cc6)c6ccccc76)c5)cc4N=C[C@@H]3C2)cc1. The van der Waals surface area contributed by atoms with Gasteiger partial charge in [-0.1, -0.05) is 99.1 Å². The molecule has 468 valence electrons. The van der Waals surface area contributed by atoms with Gasteiger partial charge in [-0.05, 0) is 108 Å². The number of methoxy groups -OCH3 is 1. The van der Waals surface area contributed by atoms with Crippen molar-refractivity contribution >= 4 is 103 Å². The van der Waals surface area contributed by atoms with Gasteiger partial charge in [0.25, 0.3) is 17.7 Å². The average Bonchev–Trinajstić information content (AvgIpc) is 1.58. The highest BCUT2D eigenvalue weighted by Gasteiger charge is 2.36. The molecule has 6 aromatic rings. The van der Waals surface area contributed by atoms with Crippen LogP contribution in [-0.4, -0.2) is 124 Å². The number of hydrogen-bond donors (Lipinski definition) is 4. The smallest absolute Gasteiger partial charge is 0.257 e. The number of rotatable bonds is 25. The van der Waals surface area contributed by atoms with Crippen molar-refractivity contribution in [3.05, 3.63) is 167 Å². The molecule has 4 heterocycles. The number of unbranched alkanes of at least 4 members (excludes halogenated alkanes) is 2. The second-order valence-electron chi connectivity index (χ2n) is 22.9. The Morgan fingerprint density at radius 2 is 1.47 bits per heavy atom. The van der Waals surface area contributed by atoms with Gasteiger partial charge < -0.3 is 40.0 Å². The van der Waals surface area contributed by atoms with E-state index in [0.717, 1.165) is 54.8 Å². The van der Waals surface area contributed by atoms with Crippen molar-refractivity contribution in [1.82, 2.24) is 25.2 Å². The van der Waals surface area contributed by atoms with Crippen molar-refractivity contribution in [2.75, 3.05) is 49.9 Å². The second-order valence-corrected chi connectivity index (χ2v) is 25.1. The number of halogens is 1. The summed E-state index contributed by atoms with van der Waals surface area (Å²) < 4.78 is 45.6. The molecule has 22 heteroatoms. The van der Waals surface area contributed by atoms with Gasteiger partial charge in [-0.3, -0.25) is 43.5 Å². The van der Waals surface area contributed by atoms with E-state index < -0.39 is 33.9 Å². The molecule has 4 atom stereocenters. The van der Waals surface area contributed by atoms with Crippen molar-refractivity contribution < 1.29 is 56.2 Å². The van der Waals surface area contributed by atoms with Gasteiger partial charge in [0.05, 0.1) is 41.4 Å². The van der Waals surface area contributed by atoms with E-state index in [-0.39, 0.29) is 84.9 Å². The van der Waals surface area contributed by atoms with Crippen LogP contribution in [0.1, 0.15) is 97.0 Å². The third-order valence-corrected chi connectivity index (χ3v) is 18.3. The van der Waals surface area contributed by atoms with Crippen LogP contribution >= 0.6 is 11.6 Å². The molecule has 0 aliphatic carbocycles. The van der Waals surface area contributed by atoms with E-state index in [0.29, 0.717) is 78.8 Å². The average molecular weight is 1260 g/mol. The van der Waals surface area contributed by atoms with Crippen LogP contribution < -0.4 is 39.8 Å². The topological polar surface area (TPSA) is 252 Å². The lowest BCUT2D eigenvalue weighted by atomic mass is 9.94. The molecule has 20 nitrogen and oxygen atoms in total. The summed E-state index contributed by atoms with van der Waals surface area (Å²) in [4.78, 5) is 101. The highest BCUT2D eigenvalue weighted by molar-refractivity contribution is 7.89. The van der Waals surface area contributed by atoms with Crippen LogP contribution in [0.2, 0.25) is 0 Å². The van der Waals surface area contributed by atoms with Crippen LogP contribution in [0.3, 0.4) is 0 Å². The van der Waals surface area contributed by atoms with E-state index in [1.807, 2.05) is 72.8 Å². The maximum absolute atomic E-state index is 14.5. The minimum Gasteiger partial charge on any atom is -0.493 e. The van der Waals surface area contributed by atoms with Crippen molar-refractivity contribution in [2.45, 2.75) is 101 Å². The summed E-state index contributed by atoms with van der Waals surface area (Å²) in [5, 5.41) is 10.2. The van der Waals surface area contributed by atoms with Crippen molar-refractivity contribution in [1.29, 1.82) is 0 Å². The molecular formula is C68H71ClN8O12S. The van der Waals surface area contributed by atoms with Crippen LogP contribution in [0.5, 0.6) is 17.2 Å². The number of imide groups is 1. The maximum atomic E-state index is 14.5. The van der Waals surface area contributed by atoms with Crippen molar-refractivity contribution in [3.63, 3.8) is 0 Å². The summed E-state index contributed by atoms with van der Waals surface area (Å²) >= 11 is 6.66. The molecule has 0 fully saturated rings. The van der Waals surface area contributed by atoms with Gasteiger partial charge in [-0.25, -0.2) is 13.1 Å². The number of carbonyl (C=O) groups excluding carboxylic acids is 7. The number of sulfonamides is 1. The predicted octanol–water partition coefficient (Wildman–Crippen LogP) is 8.91. The zero-order valence-corrected chi connectivity index (χ0v) is 52.2. The number of amides is 7. The third-order valence-electron chi connectivity index (χ3n) is 16.5. The molecule has 0 saturated heterocycles. The standard InChI is InChI=1S/C68H71ClN8O12S/c1-41(2)65(74-60(78)16-7-6-10-28-76-61(79)25-26-62(76)80)67(83)72-42(3)66(82)73-49-21-17-43(18-22-49)39-88-57-35-56-64(53-15-9-8-14-52(53)57)48(36-69)38-77(56)63(81)31-44-12-11-13-45(30-44)40-89-59-34-55-54(33-58(59)87-5)68(84)75-29-27-47(32-50(75)37-71-55)46-19-23-51(24-20-46)90(85,86)70-4/h8-9,11-15,17-27,30,33-35,37,41-42,48,50,65,70H,6-7,10,16,28-29,31-32,36,38-40H2,1-5H3,(H,72,83)(H,73,82)(H,74,78)/t42-,48+,50-,65-/m0/s1. The minimum atomic E-state index is -3.59. The number of hydrogen-bond acceptors (Lipinski definition) is 13. The lowest BCUT2D eigenvalue weighted by molar-refractivity contribution is -0.137. The number of fused-ring (bicyclic) bond motifs is 5. The Morgan fingerprint density at radius 1 is 0.756 bits per heavy atom. The van der Waals surface area contributed by atoms with Crippen LogP contribution in [0.4, 0.5) is 17.1 Å². The second kappa shape index (κ2) is 28.1. The molecule has 0 spiro atoms. The molecule has 0 bridgehead atoms. The zero-order chi connectivity index (χ0) is 63.8. The first-order valence-corrected chi connectivity index (χ1v) is 31.9. The van der Waals surface area contributed by atoms with Gasteiger partial charge in [0.2, 0.25) is 33.7 Å². The molecule has 0 saturated carbocycles. The number of aliphatic imine (C=N–C) groups is 1. The zero-order valence-electron chi connectivity index (χ0n) is 50.6.